The Kier molecular flexibility index (Phi) is 9.79. The number of benzene rings is 3. The number of carbonyl (C=O) groups excluding carboxylic acids is 2. The van der Waals surface area contributed by atoms with Gasteiger partial charge in [0.2, 0.25) is 5.13 Å². The number of Topliss-reactive ketones (excluding diaryl/α,β-unsaturated/α-hetero) is 1. The molecule has 1 aromatic heterocycles. The zero-order valence-electron chi connectivity index (χ0n) is 26.2. The maximum Gasteiger partial charge on any atom is 0.301 e. The normalized spacial score (nSPS) is 18.3. The van der Waals surface area contributed by atoms with Crippen molar-refractivity contribution in [2.24, 2.45) is 0 Å². The van der Waals surface area contributed by atoms with Crippen LogP contribution in [-0.4, -0.2) is 46.3 Å². The van der Waals surface area contributed by atoms with Gasteiger partial charge in [0.25, 0.3) is 5.78 Å². The number of aromatic nitrogens is 2. The molecule has 4 aromatic rings. The lowest BCUT2D eigenvalue weighted by molar-refractivity contribution is -0.132. The second kappa shape index (κ2) is 14.1. The molecule has 9 nitrogen and oxygen atoms in total. The molecule has 3 aromatic carbocycles. The number of nitrogens with zero attached hydrogens (tertiary/aromatic N) is 3. The summed E-state index contributed by atoms with van der Waals surface area (Å²) in [4.78, 5) is 28.9. The van der Waals surface area contributed by atoms with Crippen LogP contribution in [0.25, 0.3) is 5.76 Å². The van der Waals surface area contributed by atoms with E-state index in [0.717, 1.165) is 41.1 Å². The summed E-state index contributed by atoms with van der Waals surface area (Å²) in [5.41, 5.74) is 2.67. The van der Waals surface area contributed by atoms with Crippen molar-refractivity contribution in [3.05, 3.63) is 94.3 Å². The van der Waals surface area contributed by atoms with Gasteiger partial charge in [0.05, 0.1) is 24.8 Å². The Hall–Kier alpha value is -4.42. The van der Waals surface area contributed by atoms with Gasteiger partial charge in [-0.05, 0) is 79.4 Å². The number of hydrogen-bond acceptors (Lipinski definition) is 10. The zero-order chi connectivity index (χ0) is 33.1. The third-order valence-corrected chi connectivity index (χ3v) is 9.96. The maximum absolute atomic E-state index is 13.8. The van der Waals surface area contributed by atoms with E-state index in [1.165, 1.54) is 28.8 Å². The number of ether oxygens (including phenoxy) is 3. The fraction of sp³-hybridized carbons (Fsp3) is 0.314. The van der Waals surface area contributed by atoms with Gasteiger partial charge in [-0.2, -0.15) is 0 Å². The summed E-state index contributed by atoms with van der Waals surface area (Å²) < 4.78 is 31.7. The highest BCUT2D eigenvalue weighted by Crippen LogP contribution is 2.46. The van der Waals surface area contributed by atoms with Gasteiger partial charge in [0.15, 0.2) is 15.8 Å². The topological polar surface area (TPSA) is 111 Å². The van der Waals surface area contributed by atoms with Gasteiger partial charge in [0, 0.05) is 17.7 Å². The summed E-state index contributed by atoms with van der Waals surface area (Å²) >= 11 is 2.54. The summed E-state index contributed by atoms with van der Waals surface area (Å²) in [5, 5.41) is 20.5. The molecule has 244 valence electrons. The highest BCUT2D eigenvalue weighted by Gasteiger charge is 2.48. The maximum atomic E-state index is 13.8. The third-order valence-electron chi connectivity index (χ3n) is 7.83. The van der Waals surface area contributed by atoms with Crippen molar-refractivity contribution >= 4 is 45.7 Å². The van der Waals surface area contributed by atoms with Crippen molar-refractivity contribution in [2.75, 3.05) is 18.1 Å². The number of hydrogen-bond donors (Lipinski definition) is 1. The van der Waals surface area contributed by atoms with Crippen LogP contribution in [0.15, 0.2) is 70.6 Å². The highest BCUT2D eigenvalue weighted by molar-refractivity contribution is 8.00. The lowest BCUT2D eigenvalue weighted by Gasteiger charge is -2.23. The first kappa shape index (κ1) is 32.5. The Morgan fingerprint density at radius 1 is 1.06 bits per heavy atom. The van der Waals surface area contributed by atoms with Gasteiger partial charge in [-0.1, -0.05) is 54.6 Å². The second-order valence-corrected chi connectivity index (χ2v) is 13.4. The molecule has 2 aliphatic rings. The van der Waals surface area contributed by atoms with Crippen molar-refractivity contribution in [3.8, 4) is 17.2 Å². The van der Waals surface area contributed by atoms with Crippen LogP contribution in [0.2, 0.25) is 0 Å². The van der Waals surface area contributed by atoms with Crippen molar-refractivity contribution in [2.45, 2.75) is 62.3 Å². The van der Waals surface area contributed by atoms with Crippen LogP contribution in [0.4, 0.5) is 9.52 Å². The van der Waals surface area contributed by atoms with E-state index in [4.69, 9.17) is 14.2 Å². The van der Waals surface area contributed by atoms with Crippen LogP contribution in [-0.2, 0) is 21.8 Å². The summed E-state index contributed by atoms with van der Waals surface area (Å²) in [7, 11) is 0. The monoisotopic (exact) mass is 675 g/mol. The minimum Gasteiger partial charge on any atom is -0.507 e. The van der Waals surface area contributed by atoms with E-state index >= 15 is 0 Å². The smallest absolute Gasteiger partial charge is 0.301 e. The predicted molar refractivity (Wildman–Crippen MR) is 179 cm³/mol. The number of halogens is 1. The molecular formula is C35H34FN3O6S2. The first-order chi connectivity index (χ1) is 22.8. The van der Waals surface area contributed by atoms with Crippen LogP contribution in [0.1, 0.15) is 61.9 Å². The Morgan fingerprint density at radius 3 is 2.64 bits per heavy atom. The Bertz CT molecular complexity index is 1830. The Morgan fingerprint density at radius 2 is 1.87 bits per heavy atom. The summed E-state index contributed by atoms with van der Waals surface area (Å²) in [6.07, 6.45) is 2.50. The average molecular weight is 676 g/mol. The average Bonchev–Trinajstić information content (AvgIpc) is 3.76. The second-order valence-electron chi connectivity index (χ2n) is 11.2. The minimum absolute atomic E-state index is 0.00412. The van der Waals surface area contributed by atoms with Gasteiger partial charge >= 0.3 is 5.91 Å². The highest BCUT2D eigenvalue weighted by atomic mass is 32.2. The number of aliphatic hydroxyl groups is 1. The lowest BCUT2D eigenvalue weighted by Crippen LogP contribution is -2.29. The van der Waals surface area contributed by atoms with E-state index < -0.39 is 17.7 Å². The minimum atomic E-state index is -1.02. The molecule has 1 saturated heterocycles. The number of fused-ring (bicyclic) bond motifs is 1. The molecule has 2 aliphatic heterocycles. The number of rotatable bonds is 12. The third kappa shape index (κ3) is 6.84. The van der Waals surface area contributed by atoms with Crippen molar-refractivity contribution in [3.63, 3.8) is 0 Å². The van der Waals surface area contributed by atoms with E-state index in [9.17, 15) is 19.1 Å². The molecular weight excluding hydrogens is 642 g/mol. The molecule has 0 aliphatic carbocycles. The molecule has 0 bridgehead atoms. The predicted octanol–water partition coefficient (Wildman–Crippen LogP) is 7.50. The van der Waals surface area contributed by atoms with E-state index in [1.807, 2.05) is 13.8 Å². The fourth-order valence-electron chi connectivity index (χ4n) is 5.56. The van der Waals surface area contributed by atoms with Gasteiger partial charge in [-0.25, -0.2) is 4.39 Å². The molecule has 1 fully saturated rings. The molecule has 0 saturated carbocycles. The number of ketones is 1. The number of carbonyl (C=O) groups is 2. The van der Waals surface area contributed by atoms with Crippen LogP contribution in [0.5, 0.6) is 17.2 Å². The molecule has 0 radical (unpaired) electrons. The molecule has 3 heterocycles. The van der Waals surface area contributed by atoms with Crippen molar-refractivity contribution in [1.82, 2.24) is 10.2 Å². The standard InChI is InChI=1S/C35H34FN3O6S2/c1-4-6-15-44-27-14-9-22(18-28(27)43-5-2)30-29(31(40)23-10-13-26-24(17-23)16-20(3)45-26)32(41)33(42)39(30)34-37-38-35(47-34)46-19-21-7-11-25(36)12-8-21/h7-14,17-18,20,30,40H,4-6,15-16,19H2,1-3H3/b31-29+/t20-,30+/m0/s1. The van der Waals surface area contributed by atoms with Crippen LogP contribution >= 0.6 is 23.1 Å². The number of anilines is 1. The lowest BCUT2D eigenvalue weighted by atomic mass is 9.94. The SMILES string of the molecule is CCCCOc1ccc([C@@H]2/C(=C(\O)c3ccc4c(c3)C[C@H](C)O4)C(=O)C(=O)N2c2nnc(SCc3ccc(F)cc3)s2)cc1OCC. The quantitative estimate of drug-likeness (QED) is 0.0408. The van der Waals surface area contributed by atoms with Crippen LogP contribution in [0.3, 0.4) is 0 Å². The molecule has 12 heteroatoms. The summed E-state index contributed by atoms with van der Waals surface area (Å²) in [5.74, 6) is -0.0396. The molecule has 6 rings (SSSR count). The summed E-state index contributed by atoms with van der Waals surface area (Å²) in [6.45, 7) is 6.78. The first-order valence-electron chi connectivity index (χ1n) is 15.5. The Balaban J connectivity index is 1.41. The molecule has 47 heavy (non-hydrogen) atoms. The van der Waals surface area contributed by atoms with E-state index in [2.05, 4.69) is 17.1 Å². The van der Waals surface area contributed by atoms with Gasteiger partial charge < -0.3 is 19.3 Å². The number of amides is 1. The summed E-state index contributed by atoms with van der Waals surface area (Å²) in [6, 6.07) is 15.7. The van der Waals surface area contributed by atoms with E-state index in [-0.39, 0.29) is 28.4 Å². The van der Waals surface area contributed by atoms with Crippen LogP contribution in [0, 0.1) is 5.82 Å². The molecule has 1 N–H and O–H groups in total. The number of unbranched alkanes of at least 4 members (excludes halogenated alkanes) is 1. The fourth-order valence-corrected chi connectivity index (χ4v) is 7.39. The van der Waals surface area contributed by atoms with E-state index in [0.29, 0.717) is 52.4 Å². The zero-order valence-corrected chi connectivity index (χ0v) is 27.8. The van der Waals surface area contributed by atoms with E-state index in [1.54, 1.807) is 48.5 Å². The molecule has 1 amide bonds. The molecule has 0 spiro atoms. The van der Waals surface area contributed by atoms with Gasteiger partial charge in [0.1, 0.15) is 23.4 Å². The van der Waals surface area contributed by atoms with Gasteiger partial charge in [-0.15, -0.1) is 10.2 Å². The Labute approximate surface area is 280 Å². The van der Waals surface area contributed by atoms with Crippen molar-refractivity contribution in [1.29, 1.82) is 0 Å². The van der Waals surface area contributed by atoms with Gasteiger partial charge in [-0.3, -0.25) is 14.5 Å². The van der Waals surface area contributed by atoms with Crippen LogP contribution < -0.4 is 19.1 Å². The first-order valence-corrected chi connectivity index (χ1v) is 17.3. The number of aliphatic hydroxyl groups excluding tert-OH is 1. The number of thioether (sulfide) groups is 1. The van der Waals surface area contributed by atoms with Crippen molar-refractivity contribution < 1.29 is 33.3 Å². The largest absolute Gasteiger partial charge is 0.507 e. The molecule has 2 atom stereocenters. The molecule has 0 unspecified atom stereocenters.